The van der Waals surface area contributed by atoms with Crippen molar-refractivity contribution in [2.45, 2.75) is 5.41 Å². The van der Waals surface area contributed by atoms with Crippen LogP contribution in [0.1, 0.15) is 22.3 Å². The smallest absolute Gasteiger partial charge is 0.164 e. The highest BCUT2D eigenvalue weighted by Gasteiger charge is 2.52. The molecule has 0 fully saturated rings. The summed E-state index contributed by atoms with van der Waals surface area (Å²) in [5, 5.41) is 2.43. The lowest BCUT2D eigenvalue weighted by atomic mass is 9.66. The predicted molar refractivity (Wildman–Crippen MR) is 253 cm³/mol. The molecule has 294 valence electrons. The van der Waals surface area contributed by atoms with Gasteiger partial charge in [-0.05, 0) is 81.9 Å². The molecule has 1 aliphatic heterocycles. The molecule has 2 aliphatic rings. The number of fused-ring (bicyclic) bond motifs is 12. The van der Waals surface area contributed by atoms with Crippen LogP contribution in [0.4, 0.5) is 0 Å². The number of para-hydroxylation sites is 4. The summed E-state index contributed by atoms with van der Waals surface area (Å²) in [4.78, 5) is 15.6. The SMILES string of the molecule is c1ccc(-c2nc(-c3ccccc3)nc(-c3cccc4c3-c3cc(-c5ccc6c(c5)c5ccccc5n6-c5ccccc5)ccc3C43c4ccccc4Oc4ccccc43)n2)cc1. The van der Waals surface area contributed by atoms with Gasteiger partial charge < -0.3 is 9.30 Å². The molecule has 0 unspecified atom stereocenters. The van der Waals surface area contributed by atoms with Crippen LogP contribution in [0.15, 0.2) is 218 Å². The standard InChI is InChI=1S/C58H36N4O/c1-4-17-37(18-5-1)55-59-56(38-19-6-2-7-20-38)61-57(60-55)43-24-16-27-49-54(43)45-36-39(31-33-46(45)58(49)47-25-11-14-29-52(47)63-53-30-15-12-26-48(53)58)40-32-34-51-44(35-40)42-23-10-13-28-50(42)62(51)41-21-8-3-9-22-41/h1-36H. The van der Waals surface area contributed by atoms with Gasteiger partial charge in [-0.3, -0.25) is 0 Å². The Morgan fingerprint density at radius 3 is 1.59 bits per heavy atom. The van der Waals surface area contributed by atoms with Crippen LogP contribution in [-0.4, -0.2) is 19.5 Å². The van der Waals surface area contributed by atoms with Gasteiger partial charge in [-0.2, -0.15) is 0 Å². The van der Waals surface area contributed by atoms with Crippen molar-refractivity contribution >= 4 is 21.8 Å². The maximum atomic E-state index is 6.71. The molecule has 2 aromatic heterocycles. The lowest BCUT2D eigenvalue weighted by Gasteiger charge is -2.39. The molecule has 3 heterocycles. The third kappa shape index (κ3) is 5.27. The second kappa shape index (κ2) is 13.8. The molecule has 11 aromatic rings. The first kappa shape index (κ1) is 35.4. The molecule has 0 bridgehead atoms. The minimum absolute atomic E-state index is 0.622. The van der Waals surface area contributed by atoms with Gasteiger partial charge in [-0.15, -0.1) is 0 Å². The van der Waals surface area contributed by atoms with Crippen LogP contribution in [0.2, 0.25) is 0 Å². The Balaban J connectivity index is 1.09. The van der Waals surface area contributed by atoms with Gasteiger partial charge in [0.15, 0.2) is 17.5 Å². The molecule has 0 saturated heterocycles. The number of hydrogen-bond donors (Lipinski definition) is 0. The van der Waals surface area contributed by atoms with Gasteiger partial charge in [-0.1, -0.05) is 170 Å². The van der Waals surface area contributed by atoms with E-state index in [1.54, 1.807) is 0 Å². The van der Waals surface area contributed by atoms with Crippen LogP contribution in [0, 0.1) is 0 Å². The van der Waals surface area contributed by atoms with E-state index in [2.05, 4.69) is 187 Å². The van der Waals surface area contributed by atoms with E-state index < -0.39 is 5.41 Å². The van der Waals surface area contributed by atoms with E-state index >= 15 is 0 Å². The molecule has 9 aromatic carbocycles. The summed E-state index contributed by atoms with van der Waals surface area (Å²) < 4.78 is 9.07. The van der Waals surface area contributed by atoms with Crippen molar-refractivity contribution in [3.63, 3.8) is 0 Å². The summed E-state index contributed by atoms with van der Waals surface area (Å²) >= 11 is 0. The van der Waals surface area contributed by atoms with Gasteiger partial charge in [0.05, 0.1) is 16.4 Å². The second-order valence-electron chi connectivity index (χ2n) is 16.3. The van der Waals surface area contributed by atoms with Crippen molar-refractivity contribution in [2.24, 2.45) is 0 Å². The Morgan fingerprint density at radius 1 is 0.349 bits per heavy atom. The van der Waals surface area contributed by atoms with E-state index in [9.17, 15) is 0 Å². The van der Waals surface area contributed by atoms with Gasteiger partial charge in [0, 0.05) is 44.3 Å². The molecule has 0 amide bonds. The van der Waals surface area contributed by atoms with E-state index in [1.807, 2.05) is 36.4 Å². The zero-order valence-corrected chi connectivity index (χ0v) is 34.0. The zero-order valence-electron chi connectivity index (χ0n) is 34.0. The van der Waals surface area contributed by atoms with Crippen LogP contribution < -0.4 is 4.74 Å². The third-order valence-electron chi connectivity index (χ3n) is 12.9. The molecule has 0 saturated carbocycles. The summed E-state index contributed by atoms with van der Waals surface area (Å²) in [6.45, 7) is 0. The lowest BCUT2D eigenvalue weighted by Crippen LogP contribution is -2.32. The lowest BCUT2D eigenvalue weighted by molar-refractivity contribution is 0.436. The Hall–Kier alpha value is -8.41. The molecule has 5 heteroatoms. The van der Waals surface area contributed by atoms with Crippen molar-refractivity contribution in [3.8, 4) is 73.6 Å². The molecule has 13 rings (SSSR count). The molecular formula is C58H36N4O. The third-order valence-corrected chi connectivity index (χ3v) is 12.9. The summed E-state index contributed by atoms with van der Waals surface area (Å²) in [7, 11) is 0. The Morgan fingerprint density at radius 2 is 0.889 bits per heavy atom. The fraction of sp³-hybridized carbons (Fsp3) is 0.0172. The summed E-state index contributed by atoms with van der Waals surface area (Å²) in [5.74, 6) is 3.58. The van der Waals surface area contributed by atoms with E-state index in [1.165, 1.54) is 32.9 Å². The topological polar surface area (TPSA) is 52.8 Å². The van der Waals surface area contributed by atoms with Gasteiger partial charge in [0.2, 0.25) is 0 Å². The quantitative estimate of drug-likeness (QED) is 0.174. The van der Waals surface area contributed by atoms with E-state index in [-0.39, 0.29) is 0 Å². The molecule has 1 aliphatic carbocycles. The first-order chi connectivity index (χ1) is 31.2. The van der Waals surface area contributed by atoms with E-state index in [0.717, 1.165) is 67.3 Å². The normalized spacial score (nSPS) is 13.0. The minimum atomic E-state index is -0.671. The number of benzene rings is 9. The van der Waals surface area contributed by atoms with Crippen LogP contribution in [0.5, 0.6) is 11.5 Å². The molecule has 0 N–H and O–H groups in total. The van der Waals surface area contributed by atoms with Crippen LogP contribution >= 0.6 is 0 Å². The Bertz CT molecular complexity index is 3490. The molecule has 5 nitrogen and oxygen atoms in total. The molecule has 1 spiro atoms. The Kier molecular flexibility index (Phi) is 7.75. The molecular weight excluding hydrogens is 769 g/mol. The first-order valence-electron chi connectivity index (χ1n) is 21.4. The van der Waals surface area contributed by atoms with Crippen molar-refractivity contribution in [1.82, 2.24) is 19.5 Å². The van der Waals surface area contributed by atoms with Crippen molar-refractivity contribution in [2.75, 3.05) is 0 Å². The van der Waals surface area contributed by atoms with Crippen molar-refractivity contribution in [3.05, 3.63) is 241 Å². The van der Waals surface area contributed by atoms with E-state index in [0.29, 0.717) is 17.5 Å². The highest BCUT2D eigenvalue weighted by molar-refractivity contribution is 6.10. The van der Waals surface area contributed by atoms with Crippen molar-refractivity contribution in [1.29, 1.82) is 0 Å². The average Bonchev–Trinajstić information content (AvgIpc) is 3.85. The highest BCUT2D eigenvalue weighted by Crippen LogP contribution is 2.63. The van der Waals surface area contributed by atoms with Crippen molar-refractivity contribution < 1.29 is 4.74 Å². The highest BCUT2D eigenvalue weighted by atomic mass is 16.5. The number of rotatable bonds is 5. The largest absolute Gasteiger partial charge is 0.457 e. The number of ether oxygens (including phenoxy) is 1. The minimum Gasteiger partial charge on any atom is -0.457 e. The maximum absolute atomic E-state index is 6.71. The average molecular weight is 805 g/mol. The fourth-order valence-electron chi connectivity index (χ4n) is 10.3. The molecule has 0 atom stereocenters. The van der Waals surface area contributed by atoms with Gasteiger partial charge in [0.1, 0.15) is 11.5 Å². The first-order valence-corrected chi connectivity index (χ1v) is 21.4. The Labute approximate surface area is 364 Å². The zero-order chi connectivity index (χ0) is 41.5. The fourth-order valence-corrected chi connectivity index (χ4v) is 10.3. The van der Waals surface area contributed by atoms with Gasteiger partial charge in [-0.25, -0.2) is 15.0 Å². The number of nitrogens with zero attached hydrogens (tertiary/aromatic N) is 4. The summed E-state index contributed by atoms with van der Waals surface area (Å²) in [6, 6.07) is 77.3. The number of hydrogen-bond acceptors (Lipinski definition) is 4. The van der Waals surface area contributed by atoms with Gasteiger partial charge in [0.25, 0.3) is 0 Å². The van der Waals surface area contributed by atoms with Gasteiger partial charge >= 0.3 is 0 Å². The second-order valence-corrected chi connectivity index (χ2v) is 16.3. The molecule has 63 heavy (non-hydrogen) atoms. The predicted octanol–water partition coefficient (Wildman–Crippen LogP) is 14.1. The summed E-state index contributed by atoms with van der Waals surface area (Å²) in [5.41, 5.74) is 14.7. The number of aromatic nitrogens is 4. The molecule has 0 radical (unpaired) electrons. The van der Waals surface area contributed by atoms with Crippen LogP contribution in [-0.2, 0) is 5.41 Å². The summed E-state index contributed by atoms with van der Waals surface area (Å²) in [6.07, 6.45) is 0. The van der Waals surface area contributed by atoms with Crippen LogP contribution in [0.25, 0.3) is 83.9 Å². The van der Waals surface area contributed by atoms with E-state index in [4.69, 9.17) is 19.7 Å². The van der Waals surface area contributed by atoms with Crippen LogP contribution in [0.3, 0.4) is 0 Å². The monoisotopic (exact) mass is 804 g/mol. The maximum Gasteiger partial charge on any atom is 0.164 e.